The van der Waals surface area contributed by atoms with Gasteiger partial charge in [0.1, 0.15) is 0 Å². The second-order valence-electron chi connectivity index (χ2n) is 6.00. The fraction of sp³-hybridized carbons (Fsp3) is 0. The van der Waals surface area contributed by atoms with Crippen molar-refractivity contribution in [3.8, 4) is 22.6 Å². The zero-order valence-corrected chi connectivity index (χ0v) is 14.1. The summed E-state index contributed by atoms with van der Waals surface area (Å²) in [5.41, 5.74) is 3.15. The lowest BCUT2D eigenvalue weighted by Gasteiger charge is -2.02. The third-order valence-electron chi connectivity index (χ3n) is 4.21. The molecule has 0 aliphatic heterocycles. The summed E-state index contributed by atoms with van der Waals surface area (Å²) in [6, 6.07) is 32.6. The van der Waals surface area contributed by atoms with Gasteiger partial charge in [0.15, 0.2) is 5.78 Å². The average Bonchev–Trinajstić information content (AvgIpc) is 2.75. The molecule has 0 fully saturated rings. The van der Waals surface area contributed by atoms with Crippen LogP contribution in [0, 0.1) is 0 Å². The molecule has 0 saturated heterocycles. The van der Waals surface area contributed by atoms with E-state index in [2.05, 4.69) is 0 Å². The number of hydrogen-bond donors (Lipinski definition) is 0. The van der Waals surface area contributed by atoms with Gasteiger partial charge in [-0.3, -0.25) is 4.79 Å². The Hall–Kier alpha value is -3.52. The van der Waals surface area contributed by atoms with Gasteiger partial charge in [-0.1, -0.05) is 66.7 Å². The Morgan fingerprint density at radius 3 is 1.42 bits per heavy atom. The van der Waals surface area contributed by atoms with Crippen molar-refractivity contribution in [3.05, 3.63) is 114 Å². The van der Waals surface area contributed by atoms with E-state index in [1.807, 2.05) is 103 Å². The Labute approximate surface area is 152 Å². The topological polar surface area (TPSA) is 28.4 Å². The summed E-state index contributed by atoms with van der Waals surface area (Å²) in [6.07, 6.45) is 0. The van der Waals surface area contributed by atoms with E-state index in [0.717, 1.165) is 11.1 Å². The lowest BCUT2D eigenvalue weighted by Crippen LogP contribution is -2.02. The van der Waals surface area contributed by atoms with Crippen LogP contribution < -0.4 is 0 Å². The maximum Gasteiger partial charge on any atom is 0.361 e. The Kier molecular flexibility index (Phi) is 4.40. The van der Waals surface area contributed by atoms with E-state index in [4.69, 9.17) is 4.42 Å². The molecular formula is C24H17O2+. The molecule has 3 aromatic carbocycles. The molecule has 0 bridgehead atoms. The van der Waals surface area contributed by atoms with Crippen molar-refractivity contribution in [1.29, 1.82) is 0 Å². The first kappa shape index (κ1) is 16.0. The predicted octanol–water partition coefficient (Wildman–Crippen LogP) is 6.13. The second kappa shape index (κ2) is 7.16. The summed E-state index contributed by atoms with van der Waals surface area (Å²) in [7, 11) is 0. The molecule has 124 valence electrons. The minimum atomic E-state index is -0.0178. The van der Waals surface area contributed by atoms with Gasteiger partial charge in [-0.05, 0) is 24.3 Å². The molecule has 4 rings (SSSR count). The lowest BCUT2D eigenvalue weighted by molar-refractivity contribution is 0.103. The highest BCUT2D eigenvalue weighted by molar-refractivity contribution is 6.09. The molecule has 2 heteroatoms. The summed E-state index contributed by atoms with van der Waals surface area (Å²) < 4.78 is 6.12. The van der Waals surface area contributed by atoms with Gasteiger partial charge in [0.2, 0.25) is 0 Å². The van der Waals surface area contributed by atoms with Crippen LogP contribution in [0.5, 0.6) is 0 Å². The van der Waals surface area contributed by atoms with Crippen molar-refractivity contribution in [3.63, 3.8) is 0 Å². The van der Waals surface area contributed by atoms with Gasteiger partial charge >= 0.3 is 11.5 Å². The third kappa shape index (κ3) is 3.31. The van der Waals surface area contributed by atoms with Crippen LogP contribution in [0.1, 0.15) is 15.9 Å². The molecule has 0 N–H and O–H groups in total. The third-order valence-corrected chi connectivity index (χ3v) is 4.21. The van der Waals surface area contributed by atoms with Crippen molar-refractivity contribution in [2.24, 2.45) is 0 Å². The van der Waals surface area contributed by atoms with Crippen LogP contribution in [0.4, 0.5) is 0 Å². The molecule has 0 amide bonds. The van der Waals surface area contributed by atoms with Crippen molar-refractivity contribution < 1.29 is 9.21 Å². The number of benzene rings is 3. The monoisotopic (exact) mass is 337 g/mol. The molecule has 0 atom stereocenters. The van der Waals surface area contributed by atoms with E-state index in [1.54, 1.807) is 0 Å². The minimum absolute atomic E-state index is 0.0178. The van der Waals surface area contributed by atoms with Crippen molar-refractivity contribution in [2.45, 2.75) is 0 Å². The highest BCUT2D eigenvalue weighted by Crippen LogP contribution is 2.29. The van der Waals surface area contributed by atoms with Crippen LogP contribution >= 0.6 is 0 Å². The van der Waals surface area contributed by atoms with E-state index >= 15 is 0 Å². The molecule has 4 aromatic rings. The van der Waals surface area contributed by atoms with Gasteiger partial charge in [-0.15, -0.1) is 0 Å². The van der Waals surface area contributed by atoms with Crippen molar-refractivity contribution >= 4 is 5.78 Å². The first-order valence-electron chi connectivity index (χ1n) is 8.50. The van der Waals surface area contributed by atoms with Gasteiger partial charge in [-0.25, -0.2) is 4.42 Å². The summed E-state index contributed by atoms with van der Waals surface area (Å²) in [5, 5.41) is 0. The molecular weight excluding hydrogens is 320 g/mol. The largest absolute Gasteiger partial charge is 0.361 e. The van der Waals surface area contributed by atoms with Crippen LogP contribution in [0.2, 0.25) is 0 Å². The van der Waals surface area contributed by atoms with Gasteiger partial charge in [-0.2, -0.15) is 0 Å². The van der Waals surface area contributed by atoms with Gasteiger partial charge in [0.25, 0.3) is 0 Å². The summed E-state index contributed by atoms with van der Waals surface area (Å²) in [5.74, 6) is 1.33. The zero-order chi connectivity index (χ0) is 17.8. The van der Waals surface area contributed by atoms with Crippen LogP contribution in [-0.4, -0.2) is 5.78 Å². The van der Waals surface area contributed by atoms with Crippen molar-refractivity contribution in [1.82, 2.24) is 0 Å². The first-order chi connectivity index (χ1) is 12.8. The zero-order valence-electron chi connectivity index (χ0n) is 14.1. The van der Waals surface area contributed by atoms with Gasteiger partial charge in [0, 0.05) is 11.1 Å². The highest BCUT2D eigenvalue weighted by atomic mass is 16.3. The quantitative estimate of drug-likeness (QED) is 0.331. The molecule has 0 aliphatic carbocycles. The Morgan fingerprint density at radius 1 is 0.538 bits per heavy atom. The van der Waals surface area contributed by atoms with Crippen LogP contribution in [0.25, 0.3) is 22.6 Å². The molecule has 0 spiro atoms. The first-order valence-corrected chi connectivity index (χ1v) is 8.50. The van der Waals surface area contributed by atoms with E-state index in [1.165, 1.54) is 0 Å². The molecule has 1 heterocycles. The molecule has 0 radical (unpaired) electrons. The van der Waals surface area contributed by atoms with Crippen LogP contribution in [0.3, 0.4) is 0 Å². The normalized spacial score (nSPS) is 10.5. The summed E-state index contributed by atoms with van der Waals surface area (Å²) in [4.78, 5) is 13.0. The average molecular weight is 337 g/mol. The van der Waals surface area contributed by atoms with E-state index in [-0.39, 0.29) is 5.78 Å². The number of carbonyl (C=O) groups is 1. The Morgan fingerprint density at radius 2 is 0.962 bits per heavy atom. The molecule has 1 aromatic heterocycles. The molecule has 2 nitrogen and oxygen atoms in total. The SMILES string of the molecule is O=C(c1ccccc1)c1cc(-c2ccccc2)[o+]c(-c2ccccc2)c1. The highest BCUT2D eigenvalue weighted by Gasteiger charge is 2.23. The van der Waals surface area contributed by atoms with E-state index in [9.17, 15) is 4.79 Å². The molecule has 0 unspecified atom stereocenters. The summed E-state index contributed by atoms with van der Waals surface area (Å²) >= 11 is 0. The van der Waals surface area contributed by atoms with Gasteiger partial charge < -0.3 is 0 Å². The maximum atomic E-state index is 13.0. The number of carbonyl (C=O) groups excluding carboxylic acids is 1. The Bertz CT molecular complexity index is 966. The van der Waals surface area contributed by atoms with Crippen LogP contribution in [0.15, 0.2) is 108 Å². The number of rotatable bonds is 4. The van der Waals surface area contributed by atoms with E-state index < -0.39 is 0 Å². The van der Waals surface area contributed by atoms with E-state index in [0.29, 0.717) is 22.6 Å². The van der Waals surface area contributed by atoms with Gasteiger partial charge in [0.05, 0.1) is 23.3 Å². The minimum Gasteiger partial charge on any atom is -0.289 e. The summed E-state index contributed by atoms with van der Waals surface area (Å²) in [6.45, 7) is 0. The molecule has 0 saturated carbocycles. The predicted molar refractivity (Wildman–Crippen MR) is 104 cm³/mol. The number of hydrogen-bond acceptors (Lipinski definition) is 1. The maximum absolute atomic E-state index is 13.0. The standard InChI is InChI=1S/C24H17O2/c25-24(20-14-8-3-9-15-20)21-16-22(18-10-4-1-5-11-18)26-23(17-21)19-12-6-2-7-13-19/h1-17H/q+1. The molecule has 26 heavy (non-hydrogen) atoms. The second-order valence-corrected chi connectivity index (χ2v) is 6.00. The van der Waals surface area contributed by atoms with Crippen LogP contribution in [-0.2, 0) is 0 Å². The van der Waals surface area contributed by atoms with Crippen molar-refractivity contribution in [2.75, 3.05) is 0 Å². The lowest BCUT2D eigenvalue weighted by atomic mass is 10.0. The fourth-order valence-electron chi connectivity index (χ4n) is 2.88. The smallest absolute Gasteiger partial charge is 0.289 e. The Balaban J connectivity index is 1.87. The fourth-order valence-corrected chi connectivity index (χ4v) is 2.88. The molecule has 0 aliphatic rings. The number of ketones is 1.